The number of nitrogens with zero attached hydrogens (tertiary/aromatic N) is 2. The summed E-state index contributed by atoms with van der Waals surface area (Å²) in [6, 6.07) is 35.7. The Bertz CT molecular complexity index is 1310. The van der Waals surface area contributed by atoms with Crippen LogP contribution in [0.15, 0.2) is 120 Å². The summed E-state index contributed by atoms with van der Waals surface area (Å²) in [6.07, 6.45) is 0.632. The predicted molar refractivity (Wildman–Crippen MR) is 134 cm³/mol. The van der Waals surface area contributed by atoms with E-state index in [4.69, 9.17) is 4.99 Å². The SMILES string of the molecule is CCC1(c2ccccc2)C(N(C(=O)c2ccccc2)C(=O)c2ccccc2)=Nc2ccccc21. The van der Waals surface area contributed by atoms with Crippen LogP contribution >= 0.6 is 0 Å². The number of amides is 2. The number of amidine groups is 1. The first kappa shape index (κ1) is 21.5. The maximum Gasteiger partial charge on any atom is 0.266 e. The van der Waals surface area contributed by atoms with Crippen molar-refractivity contribution in [3.63, 3.8) is 0 Å². The van der Waals surface area contributed by atoms with E-state index >= 15 is 0 Å². The summed E-state index contributed by atoms with van der Waals surface area (Å²) >= 11 is 0. The molecule has 0 spiro atoms. The van der Waals surface area contributed by atoms with Gasteiger partial charge in [0.1, 0.15) is 5.84 Å². The first-order chi connectivity index (χ1) is 16.7. The summed E-state index contributed by atoms with van der Waals surface area (Å²) < 4.78 is 0. The molecule has 0 aromatic heterocycles. The minimum atomic E-state index is -0.743. The second-order valence-corrected chi connectivity index (χ2v) is 8.26. The highest BCUT2D eigenvalue weighted by atomic mass is 16.2. The number of benzene rings is 4. The van der Waals surface area contributed by atoms with Crippen LogP contribution in [0.2, 0.25) is 0 Å². The van der Waals surface area contributed by atoms with Crippen LogP contribution in [0.4, 0.5) is 5.69 Å². The van der Waals surface area contributed by atoms with E-state index in [2.05, 4.69) is 6.92 Å². The van der Waals surface area contributed by atoms with Gasteiger partial charge < -0.3 is 0 Å². The molecule has 166 valence electrons. The van der Waals surface area contributed by atoms with Crippen LogP contribution in [0.25, 0.3) is 0 Å². The number of imide groups is 1. The number of hydrogen-bond donors (Lipinski definition) is 0. The number of carbonyl (C=O) groups is 2. The van der Waals surface area contributed by atoms with E-state index in [0.29, 0.717) is 23.4 Å². The standard InChI is InChI=1S/C30H24N2O2/c1-2-30(24-18-10-5-11-19-24)25-20-12-13-21-26(25)31-29(30)32(27(33)22-14-6-3-7-15-22)28(34)23-16-8-4-9-17-23/h3-21H,2H2,1H3. The molecule has 4 nitrogen and oxygen atoms in total. The number of aliphatic imine (C=N–C) groups is 1. The molecular formula is C30H24N2O2. The topological polar surface area (TPSA) is 49.7 Å². The van der Waals surface area contributed by atoms with Crippen molar-refractivity contribution >= 4 is 23.3 Å². The largest absolute Gasteiger partial charge is 0.268 e. The normalized spacial score (nSPS) is 16.4. The third-order valence-electron chi connectivity index (χ3n) is 6.43. The van der Waals surface area contributed by atoms with Gasteiger partial charge in [0.15, 0.2) is 0 Å². The fraction of sp³-hybridized carbons (Fsp3) is 0.100. The molecule has 1 aliphatic rings. The highest BCUT2D eigenvalue weighted by Crippen LogP contribution is 2.48. The minimum absolute atomic E-state index is 0.394. The second kappa shape index (κ2) is 8.91. The Labute approximate surface area is 199 Å². The van der Waals surface area contributed by atoms with E-state index in [1.165, 1.54) is 4.90 Å². The molecule has 0 radical (unpaired) electrons. The minimum Gasteiger partial charge on any atom is -0.268 e. The number of fused-ring (bicyclic) bond motifs is 1. The van der Waals surface area contributed by atoms with Gasteiger partial charge >= 0.3 is 0 Å². The van der Waals surface area contributed by atoms with Crippen molar-refractivity contribution in [3.05, 3.63) is 138 Å². The van der Waals surface area contributed by atoms with Gasteiger partial charge in [-0.1, -0.05) is 91.9 Å². The zero-order valence-corrected chi connectivity index (χ0v) is 18.9. The summed E-state index contributed by atoms with van der Waals surface area (Å²) in [5.41, 5.74) is 2.88. The maximum absolute atomic E-state index is 14.0. The van der Waals surface area contributed by atoms with Crippen LogP contribution in [0.3, 0.4) is 0 Å². The molecule has 4 heteroatoms. The molecule has 0 saturated heterocycles. The molecule has 1 aliphatic heterocycles. The highest BCUT2D eigenvalue weighted by Gasteiger charge is 2.49. The molecule has 4 aromatic carbocycles. The van der Waals surface area contributed by atoms with Crippen molar-refractivity contribution in [2.75, 3.05) is 0 Å². The van der Waals surface area contributed by atoms with E-state index in [1.54, 1.807) is 48.5 Å². The number of hydrogen-bond acceptors (Lipinski definition) is 3. The molecule has 0 bridgehead atoms. The third-order valence-corrected chi connectivity index (χ3v) is 6.43. The first-order valence-corrected chi connectivity index (χ1v) is 11.4. The lowest BCUT2D eigenvalue weighted by Gasteiger charge is -2.36. The molecule has 4 aromatic rings. The Kier molecular flexibility index (Phi) is 5.64. The molecular weight excluding hydrogens is 420 g/mol. The van der Waals surface area contributed by atoms with Crippen molar-refractivity contribution in [3.8, 4) is 0 Å². The monoisotopic (exact) mass is 444 g/mol. The van der Waals surface area contributed by atoms with Crippen LogP contribution in [-0.4, -0.2) is 22.5 Å². The summed E-state index contributed by atoms with van der Waals surface area (Å²) in [5.74, 6) is -0.352. The lowest BCUT2D eigenvalue weighted by Crippen LogP contribution is -2.51. The average molecular weight is 445 g/mol. The molecule has 0 fully saturated rings. The molecule has 1 unspecified atom stereocenters. The van der Waals surface area contributed by atoms with Gasteiger partial charge in [-0.05, 0) is 47.9 Å². The lowest BCUT2D eigenvalue weighted by molar-refractivity contribution is 0.0706. The van der Waals surface area contributed by atoms with E-state index in [1.807, 2.05) is 66.7 Å². The average Bonchev–Trinajstić information content (AvgIpc) is 3.25. The Hall–Kier alpha value is -4.31. The molecule has 5 rings (SSSR count). The number of para-hydroxylation sites is 1. The van der Waals surface area contributed by atoms with Crippen molar-refractivity contribution in [2.45, 2.75) is 18.8 Å². The van der Waals surface area contributed by atoms with Crippen LogP contribution in [0, 0.1) is 0 Å². The van der Waals surface area contributed by atoms with E-state index in [9.17, 15) is 9.59 Å². The number of carbonyl (C=O) groups excluding carboxylic acids is 2. The summed E-state index contributed by atoms with van der Waals surface area (Å²) in [5, 5.41) is 0. The van der Waals surface area contributed by atoms with Crippen LogP contribution in [-0.2, 0) is 5.41 Å². The third kappa shape index (κ3) is 3.44. The molecule has 0 aliphatic carbocycles. The summed E-state index contributed by atoms with van der Waals surface area (Å²) in [6.45, 7) is 2.07. The van der Waals surface area contributed by atoms with Gasteiger partial charge in [0.05, 0.1) is 11.1 Å². The summed E-state index contributed by atoms with van der Waals surface area (Å²) in [4.78, 5) is 34.1. The Morgan fingerprint density at radius 2 is 1.15 bits per heavy atom. The van der Waals surface area contributed by atoms with Gasteiger partial charge in [0, 0.05) is 11.1 Å². The Balaban J connectivity index is 1.76. The fourth-order valence-electron chi connectivity index (χ4n) is 4.77. The molecule has 0 saturated carbocycles. The Morgan fingerprint density at radius 1 is 0.676 bits per heavy atom. The fourth-order valence-corrected chi connectivity index (χ4v) is 4.77. The van der Waals surface area contributed by atoms with Gasteiger partial charge in [-0.2, -0.15) is 0 Å². The van der Waals surface area contributed by atoms with E-state index < -0.39 is 17.2 Å². The second-order valence-electron chi connectivity index (χ2n) is 8.26. The van der Waals surface area contributed by atoms with Crippen molar-refractivity contribution in [2.24, 2.45) is 4.99 Å². The molecule has 2 amide bonds. The molecule has 34 heavy (non-hydrogen) atoms. The lowest BCUT2D eigenvalue weighted by atomic mass is 9.71. The zero-order valence-electron chi connectivity index (χ0n) is 18.9. The molecule has 1 atom stereocenters. The molecule has 1 heterocycles. The smallest absolute Gasteiger partial charge is 0.266 e. The van der Waals surface area contributed by atoms with Crippen molar-refractivity contribution in [1.29, 1.82) is 0 Å². The van der Waals surface area contributed by atoms with Crippen LogP contribution < -0.4 is 0 Å². The van der Waals surface area contributed by atoms with Crippen LogP contribution in [0.1, 0.15) is 45.2 Å². The van der Waals surface area contributed by atoms with Gasteiger partial charge in [-0.15, -0.1) is 0 Å². The Morgan fingerprint density at radius 3 is 1.68 bits per heavy atom. The first-order valence-electron chi connectivity index (χ1n) is 11.4. The van der Waals surface area contributed by atoms with Crippen LogP contribution in [0.5, 0.6) is 0 Å². The van der Waals surface area contributed by atoms with Gasteiger partial charge in [-0.25, -0.2) is 9.89 Å². The predicted octanol–water partition coefficient (Wildman–Crippen LogP) is 6.41. The van der Waals surface area contributed by atoms with E-state index in [-0.39, 0.29) is 0 Å². The maximum atomic E-state index is 14.0. The van der Waals surface area contributed by atoms with Crippen molar-refractivity contribution in [1.82, 2.24) is 4.90 Å². The molecule has 0 N–H and O–H groups in total. The van der Waals surface area contributed by atoms with Crippen molar-refractivity contribution < 1.29 is 9.59 Å². The van der Waals surface area contributed by atoms with Gasteiger partial charge in [-0.3, -0.25) is 9.59 Å². The number of rotatable bonds is 4. The highest BCUT2D eigenvalue weighted by molar-refractivity contribution is 6.25. The van der Waals surface area contributed by atoms with Gasteiger partial charge in [0.25, 0.3) is 11.8 Å². The van der Waals surface area contributed by atoms with E-state index in [0.717, 1.165) is 16.8 Å². The summed E-state index contributed by atoms with van der Waals surface area (Å²) in [7, 11) is 0. The quantitative estimate of drug-likeness (QED) is 0.342. The van der Waals surface area contributed by atoms with Gasteiger partial charge in [0.2, 0.25) is 0 Å². The zero-order chi connectivity index (χ0) is 23.5.